The number of benzene rings is 2. The summed E-state index contributed by atoms with van der Waals surface area (Å²) in [6, 6.07) is 19.3. The second-order valence-electron chi connectivity index (χ2n) is 5.28. The molecule has 0 bridgehead atoms. The van der Waals surface area contributed by atoms with E-state index < -0.39 is 0 Å². The highest BCUT2D eigenvalue weighted by molar-refractivity contribution is 5.98. The van der Waals surface area contributed by atoms with Gasteiger partial charge in [-0.05, 0) is 43.0 Å². The fourth-order valence-corrected chi connectivity index (χ4v) is 2.34. The zero-order valence-corrected chi connectivity index (χ0v) is 13.2. The topological polar surface area (TPSA) is 26.3 Å². The van der Waals surface area contributed by atoms with Gasteiger partial charge in [0.2, 0.25) is 0 Å². The highest BCUT2D eigenvalue weighted by Gasteiger charge is 2.14. The largest absolute Gasteiger partial charge is 0.423 e. The minimum Gasteiger partial charge on any atom is -0.423 e. The van der Waals surface area contributed by atoms with Crippen LogP contribution < -0.4 is 4.74 Å². The standard InChI is InChI=1S/C20H22O2/c1-3-4-15-19(17-11-7-5-8-12-17)16(2)20(21)22-18-13-9-6-10-14-18/h5-14H,3-4,15H2,1-2H3. The molecule has 114 valence electrons. The smallest absolute Gasteiger partial charge is 0.339 e. The van der Waals surface area contributed by atoms with Crippen LogP contribution in [0.1, 0.15) is 38.7 Å². The van der Waals surface area contributed by atoms with Gasteiger partial charge in [0, 0.05) is 5.57 Å². The molecule has 2 nitrogen and oxygen atoms in total. The summed E-state index contributed by atoms with van der Waals surface area (Å²) in [5, 5.41) is 0. The summed E-state index contributed by atoms with van der Waals surface area (Å²) < 4.78 is 5.46. The Hall–Kier alpha value is -2.35. The van der Waals surface area contributed by atoms with E-state index in [-0.39, 0.29) is 5.97 Å². The number of carbonyl (C=O) groups is 1. The van der Waals surface area contributed by atoms with Crippen LogP contribution in [0.25, 0.3) is 5.57 Å². The van der Waals surface area contributed by atoms with Gasteiger partial charge in [-0.2, -0.15) is 0 Å². The first-order valence-corrected chi connectivity index (χ1v) is 7.74. The van der Waals surface area contributed by atoms with Crippen LogP contribution in [-0.2, 0) is 4.79 Å². The number of esters is 1. The van der Waals surface area contributed by atoms with E-state index in [4.69, 9.17) is 4.74 Å². The molecule has 0 fully saturated rings. The second-order valence-corrected chi connectivity index (χ2v) is 5.28. The van der Waals surface area contributed by atoms with Crippen LogP contribution in [0.15, 0.2) is 66.2 Å². The molecule has 0 aliphatic rings. The fourth-order valence-electron chi connectivity index (χ4n) is 2.34. The Bertz CT molecular complexity index is 627. The normalized spacial score (nSPS) is 11.7. The Kier molecular flexibility index (Phi) is 5.96. The number of allylic oxidation sites excluding steroid dienone is 1. The van der Waals surface area contributed by atoms with Gasteiger partial charge in [0.25, 0.3) is 0 Å². The maximum atomic E-state index is 12.4. The third kappa shape index (κ3) is 4.32. The van der Waals surface area contributed by atoms with Crippen LogP contribution >= 0.6 is 0 Å². The minimum absolute atomic E-state index is 0.277. The SMILES string of the molecule is CCCCC(=C(C)C(=O)Oc1ccccc1)c1ccccc1. The summed E-state index contributed by atoms with van der Waals surface area (Å²) in [7, 11) is 0. The molecule has 0 spiro atoms. The molecule has 22 heavy (non-hydrogen) atoms. The quantitative estimate of drug-likeness (QED) is 0.413. The van der Waals surface area contributed by atoms with Crippen molar-refractivity contribution in [1.82, 2.24) is 0 Å². The van der Waals surface area contributed by atoms with E-state index in [2.05, 4.69) is 6.92 Å². The van der Waals surface area contributed by atoms with E-state index in [0.717, 1.165) is 30.4 Å². The highest BCUT2D eigenvalue weighted by atomic mass is 16.5. The lowest BCUT2D eigenvalue weighted by atomic mass is 9.96. The highest BCUT2D eigenvalue weighted by Crippen LogP contribution is 2.25. The molecule has 2 rings (SSSR count). The van der Waals surface area contributed by atoms with E-state index in [9.17, 15) is 4.79 Å². The molecule has 0 N–H and O–H groups in total. The Balaban J connectivity index is 2.26. The summed E-state index contributed by atoms with van der Waals surface area (Å²) in [6.45, 7) is 4.00. The molecule has 0 atom stereocenters. The first-order valence-electron chi connectivity index (χ1n) is 7.74. The summed E-state index contributed by atoms with van der Waals surface area (Å²) >= 11 is 0. The van der Waals surface area contributed by atoms with Gasteiger partial charge < -0.3 is 4.74 Å². The Labute approximate surface area is 132 Å². The van der Waals surface area contributed by atoms with Crippen molar-refractivity contribution < 1.29 is 9.53 Å². The molecule has 0 amide bonds. The summed E-state index contributed by atoms with van der Waals surface area (Å²) in [5.74, 6) is 0.302. The van der Waals surface area contributed by atoms with E-state index in [1.165, 1.54) is 0 Å². The van der Waals surface area contributed by atoms with Crippen LogP contribution in [0.4, 0.5) is 0 Å². The van der Waals surface area contributed by atoms with Crippen molar-refractivity contribution >= 4 is 11.5 Å². The maximum absolute atomic E-state index is 12.4. The zero-order chi connectivity index (χ0) is 15.8. The number of ether oxygens (including phenoxy) is 1. The maximum Gasteiger partial charge on any atom is 0.339 e. The summed E-state index contributed by atoms with van der Waals surface area (Å²) in [5.41, 5.74) is 2.85. The number of rotatable bonds is 6. The van der Waals surface area contributed by atoms with Crippen LogP contribution in [0.2, 0.25) is 0 Å². The fraction of sp³-hybridized carbons (Fsp3) is 0.250. The number of unbranched alkanes of at least 4 members (excludes halogenated alkanes) is 1. The summed E-state index contributed by atoms with van der Waals surface area (Å²) in [6.07, 6.45) is 3.04. The third-order valence-corrected chi connectivity index (χ3v) is 3.62. The molecule has 0 saturated heterocycles. The molecule has 0 saturated carbocycles. The molecule has 0 heterocycles. The van der Waals surface area contributed by atoms with Crippen LogP contribution in [0, 0.1) is 0 Å². The van der Waals surface area contributed by atoms with Gasteiger partial charge in [0.15, 0.2) is 0 Å². The van der Waals surface area contributed by atoms with Crippen molar-refractivity contribution in [2.24, 2.45) is 0 Å². The van der Waals surface area contributed by atoms with Gasteiger partial charge in [-0.1, -0.05) is 61.9 Å². The van der Waals surface area contributed by atoms with Gasteiger partial charge in [0.1, 0.15) is 5.75 Å². The molecular formula is C20H22O2. The van der Waals surface area contributed by atoms with Crippen molar-refractivity contribution in [3.05, 3.63) is 71.8 Å². The first kappa shape index (κ1) is 16.0. The first-order chi connectivity index (χ1) is 10.7. The Morgan fingerprint density at radius 3 is 2.14 bits per heavy atom. The van der Waals surface area contributed by atoms with Crippen LogP contribution in [0.3, 0.4) is 0 Å². The van der Waals surface area contributed by atoms with E-state index in [0.29, 0.717) is 11.3 Å². The predicted octanol–water partition coefficient (Wildman–Crippen LogP) is 5.26. The molecule has 0 aliphatic carbocycles. The predicted molar refractivity (Wildman–Crippen MR) is 90.6 cm³/mol. The molecule has 2 aromatic carbocycles. The lowest BCUT2D eigenvalue weighted by Crippen LogP contribution is -2.11. The molecule has 0 aliphatic heterocycles. The van der Waals surface area contributed by atoms with Crippen molar-refractivity contribution in [1.29, 1.82) is 0 Å². The van der Waals surface area contributed by atoms with Crippen molar-refractivity contribution in [3.63, 3.8) is 0 Å². The number of hydrogen-bond acceptors (Lipinski definition) is 2. The lowest BCUT2D eigenvalue weighted by molar-refractivity contribution is -0.130. The molecule has 0 unspecified atom stereocenters. The van der Waals surface area contributed by atoms with Gasteiger partial charge >= 0.3 is 5.97 Å². The monoisotopic (exact) mass is 294 g/mol. The Morgan fingerprint density at radius 1 is 0.955 bits per heavy atom. The van der Waals surface area contributed by atoms with E-state index in [1.807, 2.05) is 55.5 Å². The molecule has 2 heteroatoms. The van der Waals surface area contributed by atoms with Crippen LogP contribution in [-0.4, -0.2) is 5.97 Å². The second kappa shape index (κ2) is 8.18. The number of carbonyl (C=O) groups excluding carboxylic acids is 1. The molecular weight excluding hydrogens is 272 g/mol. The van der Waals surface area contributed by atoms with Gasteiger partial charge in [-0.3, -0.25) is 0 Å². The van der Waals surface area contributed by atoms with Crippen molar-refractivity contribution in [2.75, 3.05) is 0 Å². The molecule has 2 aromatic rings. The lowest BCUT2D eigenvalue weighted by Gasteiger charge is -2.12. The van der Waals surface area contributed by atoms with Crippen LogP contribution in [0.5, 0.6) is 5.75 Å². The van der Waals surface area contributed by atoms with Gasteiger partial charge in [-0.25, -0.2) is 4.79 Å². The minimum atomic E-state index is -0.277. The van der Waals surface area contributed by atoms with E-state index >= 15 is 0 Å². The van der Waals surface area contributed by atoms with Gasteiger partial charge in [-0.15, -0.1) is 0 Å². The summed E-state index contributed by atoms with van der Waals surface area (Å²) in [4.78, 5) is 12.4. The average Bonchev–Trinajstić information content (AvgIpc) is 2.57. The number of para-hydroxylation sites is 1. The average molecular weight is 294 g/mol. The van der Waals surface area contributed by atoms with Crippen molar-refractivity contribution in [2.45, 2.75) is 33.1 Å². The molecule has 0 radical (unpaired) electrons. The van der Waals surface area contributed by atoms with Gasteiger partial charge in [0.05, 0.1) is 0 Å². The van der Waals surface area contributed by atoms with E-state index in [1.54, 1.807) is 12.1 Å². The Morgan fingerprint density at radius 2 is 1.55 bits per heavy atom. The molecule has 0 aromatic heterocycles. The third-order valence-electron chi connectivity index (χ3n) is 3.62. The number of hydrogen-bond donors (Lipinski definition) is 0. The van der Waals surface area contributed by atoms with Crippen molar-refractivity contribution in [3.8, 4) is 5.75 Å². The zero-order valence-electron chi connectivity index (χ0n) is 13.2.